The van der Waals surface area contributed by atoms with Crippen molar-refractivity contribution >= 4 is 23.6 Å². The number of carboxylic acid groups (broad SMARTS) is 1. The third-order valence-corrected chi connectivity index (χ3v) is 3.46. The smallest absolute Gasteiger partial charge is 0.331 e. The number of nitrogens with zero attached hydrogens (tertiary/aromatic N) is 1. The van der Waals surface area contributed by atoms with E-state index in [9.17, 15) is 9.59 Å². The maximum Gasteiger partial charge on any atom is 0.331 e. The Kier molecular flexibility index (Phi) is 2.26. The normalized spacial score (nSPS) is 29.6. The number of amides is 1. The Bertz CT molecular complexity index is 326. The number of hydrogen-bond acceptors (Lipinski definition) is 3. The van der Waals surface area contributed by atoms with Crippen LogP contribution in [-0.2, 0) is 9.59 Å². The SMILES string of the molecule is CCSC1=CC2CC(=O)N2[C@@H]1C(=O)O. The molecule has 5 heteroatoms. The number of rotatable bonds is 3. The monoisotopic (exact) mass is 213 g/mol. The van der Waals surface area contributed by atoms with E-state index >= 15 is 0 Å². The van der Waals surface area contributed by atoms with Crippen LogP contribution in [0.4, 0.5) is 0 Å². The molecule has 2 rings (SSSR count). The zero-order chi connectivity index (χ0) is 10.3. The number of carbonyl (C=O) groups excluding carboxylic acids is 1. The zero-order valence-electron chi connectivity index (χ0n) is 7.77. The second-order valence-corrected chi connectivity index (χ2v) is 4.65. The fourth-order valence-corrected chi connectivity index (χ4v) is 2.84. The molecule has 0 saturated carbocycles. The topological polar surface area (TPSA) is 57.6 Å². The first-order chi connectivity index (χ1) is 6.65. The Morgan fingerprint density at radius 3 is 3.00 bits per heavy atom. The van der Waals surface area contributed by atoms with Crippen LogP contribution in [-0.4, -0.2) is 39.7 Å². The van der Waals surface area contributed by atoms with Gasteiger partial charge in [-0.2, -0.15) is 0 Å². The lowest BCUT2D eigenvalue weighted by molar-refractivity contribution is -0.155. The van der Waals surface area contributed by atoms with Crippen molar-refractivity contribution in [1.82, 2.24) is 4.90 Å². The molecule has 0 aromatic heterocycles. The molecule has 14 heavy (non-hydrogen) atoms. The van der Waals surface area contributed by atoms with Gasteiger partial charge >= 0.3 is 5.97 Å². The van der Waals surface area contributed by atoms with Crippen molar-refractivity contribution in [2.75, 3.05) is 5.75 Å². The van der Waals surface area contributed by atoms with Gasteiger partial charge in [0.25, 0.3) is 0 Å². The molecule has 1 amide bonds. The fraction of sp³-hybridized carbons (Fsp3) is 0.556. The van der Waals surface area contributed by atoms with Crippen molar-refractivity contribution in [2.24, 2.45) is 0 Å². The van der Waals surface area contributed by atoms with Crippen LogP contribution in [0.3, 0.4) is 0 Å². The molecule has 1 saturated heterocycles. The highest BCUT2D eigenvalue weighted by molar-refractivity contribution is 8.03. The molecule has 76 valence electrons. The third kappa shape index (κ3) is 1.23. The van der Waals surface area contributed by atoms with Gasteiger partial charge in [0.15, 0.2) is 6.04 Å². The third-order valence-electron chi connectivity index (χ3n) is 2.48. The second-order valence-electron chi connectivity index (χ2n) is 3.32. The molecule has 2 heterocycles. The Labute approximate surface area is 86.0 Å². The predicted octanol–water partition coefficient (Wildman–Crippen LogP) is 0.691. The number of β-lactam (4-membered cyclic amide) rings is 1. The number of carboxylic acids is 1. The molecule has 0 aliphatic carbocycles. The molecule has 0 aromatic rings. The van der Waals surface area contributed by atoms with Gasteiger partial charge in [0.2, 0.25) is 5.91 Å². The Balaban J connectivity index is 2.20. The van der Waals surface area contributed by atoms with Crippen LogP contribution in [0.1, 0.15) is 13.3 Å². The van der Waals surface area contributed by atoms with Crippen molar-refractivity contribution in [3.05, 3.63) is 11.0 Å². The largest absolute Gasteiger partial charge is 0.479 e. The van der Waals surface area contributed by atoms with E-state index < -0.39 is 12.0 Å². The summed E-state index contributed by atoms with van der Waals surface area (Å²) in [5, 5.41) is 9.00. The minimum atomic E-state index is -0.923. The molecule has 4 nitrogen and oxygen atoms in total. The molecule has 0 aromatic carbocycles. The van der Waals surface area contributed by atoms with Crippen LogP contribution in [0.5, 0.6) is 0 Å². The van der Waals surface area contributed by atoms with Crippen molar-refractivity contribution in [1.29, 1.82) is 0 Å². The van der Waals surface area contributed by atoms with Crippen LogP contribution in [0.25, 0.3) is 0 Å². The molecule has 2 atom stereocenters. The maximum absolute atomic E-state index is 11.2. The molecule has 1 fully saturated rings. The summed E-state index contributed by atoms with van der Waals surface area (Å²) in [4.78, 5) is 24.4. The van der Waals surface area contributed by atoms with Crippen LogP contribution in [0, 0.1) is 0 Å². The highest BCUT2D eigenvalue weighted by atomic mass is 32.2. The van der Waals surface area contributed by atoms with E-state index in [-0.39, 0.29) is 11.9 Å². The van der Waals surface area contributed by atoms with Crippen molar-refractivity contribution in [3.8, 4) is 0 Å². The average molecular weight is 213 g/mol. The van der Waals surface area contributed by atoms with Crippen LogP contribution in [0.15, 0.2) is 11.0 Å². The molecule has 1 unspecified atom stereocenters. The number of aliphatic carboxylic acids is 1. The molecule has 0 radical (unpaired) electrons. The highest BCUT2D eigenvalue weighted by Gasteiger charge is 2.49. The average Bonchev–Trinajstić information content (AvgIpc) is 2.39. The van der Waals surface area contributed by atoms with Crippen LogP contribution < -0.4 is 0 Å². The molecule has 0 bridgehead atoms. The van der Waals surface area contributed by atoms with E-state index in [1.807, 2.05) is 13.0 Å². The quantitative estimate of drug-likeness (QED) is 0.701. The van der Waals surface area contributed by atoms with Gasteiger partial charge in [-0.15, -0.1) is 11.8 Å². The Hall–Kier alpha value is -0.970. The lowest BCUT2D eigenvalue weighted by Gasteiger charge is -2.37. The summed E-state index contributed by atoms with van der Waals surface area (Å²) < 4.78 is 0. The van der Waals surface area contributed by atoms with Gasteiger partial charge < -0.3 is 10.0 Å². The lowest BCUT2D eigenvalue weighted by Crippen LogP contribution is -2.55. The van der Waals surface area contributed by atoms with Gasteiger partial charge in [0.1, 0.15) is 0 Å². The highest BCUT2D eigenvalue weighted by Crippen LogP contribution is 2.39. The van der Waals surface area contributed by atoms with Gasteiger partial charge in [-0.3, -0.25) is 4.79 Å². The second kappa shape index (κ2) is 3.31. The van der Waals surface area contributed by atoms with E-state index in [0.29, 0.717) is 6.42 Å². The van der Waals surface area contributed by atoms with Gasteiger partial charge in [0.05, 0.1) is 12.5 Å². The number of hydrogen-bond donors (Lipinski definition) is 1. The van der Waals surface area contributed by atoms with Gasteiger partial charge in [-0.05, 0) is 11.8 Å². The zero-order valence-corrected chi connectivity index (χ0v) is 8.58. The summed E-state index contributed by atoms with van der Waals surface area (Å²) in [6, 6.07) is -0.677. The standard InChI is InChI=1S/C9H11NO3S/c1-2-14-6-3-5-4-7(11)10(5)8(6)9(12)13/h3,5,8H,2,4H2,1H3,(H,12,13)/t5?,8-/m0/s1. The molecule has 1 N–H and O–H groups in total. The minimum Gasteiger partial charge on any atom is -0.479 e. The predicted molar refractivity (Wildman–Crippen MR) is 52.9 cm³/mol. The van der Waals surface area contributed by atoms with Crippen molar-refractivity contribution in [3.63, 3.8) is 0 Å². The number of thioether (sulfide) groups is 1. The summed E-state index contributed by atoms with van der Waals surface area (Å²) in [5.41, 5.74) is 0. The lowest BCUT2D eigenvalue weighted by atomic mass is 10.0. The molecular formula is C9H11NO3S. The van der Waals surface area contributed by atoms with E-state index in [2.05, 4.69) is 0 Å². The summed E-state index contributed by atoms with van der Waals surface area (Å²) in [6.07, 6.45) is 2.38. The summed E-state index contributed by atoms with van der Waals surface area (Å²) in [5.74, 6) is -0.136. The molecule has 2 aliphatic heterocycles. The van der Waals surface area contributed by atoms with E-state index in [1.165, 1.54) is 16.7 Å². The number of carbonyl (C=O) groups is 2. The van der Waals surface area contributed by atoms with Crippen LogP contribution >= 0.6 is 11.8 Å². The van der Waals surface area contributed by atoms with Crippen molar-refractivity contribution < 1.29 is 14.7 Å². The summed E-state index contributed by atoms with van der Waals surface area (Å²) >= 11 is 1.51. The van der Waals surface area contributed by atoms with Gasteiger partial charge in [-0.1, -0.05) is 6.92 Å². The molecule has 2 aliphatic rings. The first-order valence-electron chi connectivity index (χ1n) is 4.53. The van der Waals surface area contributed by atoms with E-state index in [0.717, 1.165) is 10.7 Å². The van der Waals surface area contributed by atoms with E-state index in [1.54, 1.807) is 0 Å². The Morgan fingerprint density at radius 1 is 1.79 bits per heavy atom. The molecular weight excluding hydrogens is 202 g/mol. The summed E-state index contributed by atoms with van der Waals surface area (Å²) in [7, 11) is 0. The van der Waals surface area contributed by atoms with Gasteiger partial charge in [-0.25, -0.2) is 4.79 Å². The Morgan fingerprint density at radius 2 is 2.50 bits per heavy atom. The summed E-state index contributed by atoms with van der Waals surface area (Å²) in [6.45, 7) is 1.97. The van der Waals surface area contributed by atoms with Crippen LogP contribution in [0.2, 0.25) is 0 Å². The first-order valence-corrected chi connectivity index (χ1v) is 5.52. The van der Waals surface area contributed by atoms with Crippen molar-refractivity contribution in [2.45, 2.75) is 25.4 Å². The first kappa shape index (κ1) is 9.58. The molecule has 0 spiro atoms. The number of fused-ring (bicyclic) bond motifs is 1. The van der Waals surface area contributed by atoms with Gasteiger partial charge in [0, 0.05) is 4.91 Å². The van der Waals surface area contributed by atoms with E-state index in [4.69, 9.17) is 5.11 Å². The maximum atomic E-state index is 11.2. The fourth-order valence-electron chi connectivity index (χ4n) is 1.88. The minimum absolute atomic E-state index is 0.0395.